The lowest BCUT2D eigenvalue weighted by molar-refractivity contribution is 0.0716. The van der Waals surface area contributed by atoms with Gasteiger partial charge >= 0.3 is 0 Å². The molecule has 2 fully saturated rings. The summed E-state index contributed by atoms with van der Waals surface area (Å²) >= 11 is 0. The van der Waals surface area contributed by atoms with E-state index in [0.717, 1.165) is 42.1 Å². The van der Waals surface area contributed by atoms with Gasteiger partial charge in [-0.1, -0.05) is 24.6 Å². The van der Waals surface area contributed by atoms with E-state index in [4.69, 9.17) is 4.74 Å². The average Bonchev–Trinajstić information content (AvgIpc) is 3.39. The molecule has 162 valence electrons. The first-order chi connectivity index (χ1) is 15.1. The van der Waals surface area contributed by atoms with E-state index < -0.39 is 0 Å². The van der Waals surface area contributed by atoms with Gasteiger partial charge < -0.3 is 14.2 Å². The highest BCUT2D eigenvalue weighted by Gasteiger charge is 2.35. The van der Waals surface area contributed by atoms with Gasteiger partial charge in [-0.05, 0) is 49.1 Å². The zero-order valence-corrected chi connectivity index (χ0v) is 18.3. The van der Waals surface area contributed by atoms with Crippen molar-refractivity contribution in [3.8, 4) is 5.75 Å². The lowest BCUT2D eigenvalue weighted by Gasteiger charge is -2.35. The van der Waals surface area contributed by atoms with Gasteiger partial charge in [-0.15, -0.1) is 0 Å². The number of likely N-dealkylation sites (N-methyl/N-ethyl adjacent to an activating group) is 1. The molecule has 0 spiro atoms. The van der Waals surface area contributed by atoms with Gasteiger partial charge in [0.25, 0.3) is 5.91 Å². The number of benzene rings is 2. The van der Waals surface area contributed by atoms with E-state index in [1.54, 1.807) is 7.11 Å². The van der Waals surface area contributed by atoms with Crippen molar-refractivity contribution in [1.82, 2.24) is 19.4 Å². The van der Waals surface area contributed by atoms with Crippen molar-refractivity contribution in [2.24, 2.45) is 0 Å². The van der Waals surface area contributed by atoms with Crippen LogP contribution < -0.4 is 4.74 Å². The molecule has 5 rings (SSSR count). The zero-order chi connectivity index (χ0) is 21.4. The number of carbonyl (C=O) groups is 1. The summed E-state index contributed by atoms with van der Waals surface area (Å²) in [5, 5.41) is 0. The maximum absolute atomic E-state index is 13.3. The van der Waals surface area contributed by atoms with Crippen molar-refractivity contribution in [3.63, 3.8) is 0 Å². The molecule has 2 aliphatic rings. The van der Waals surface area contributed by atoms with Crippen LogP contribution in [0.25, 0.3) is 11.0 Å². The minimum absolute atomic E-state index is 0.0388. The predicted octanol–water partition coefficient (Wildman–Crippen LogP) is 3.79. The molecule has 1 unspecified atom stereocenters. The number of ether oxygens (including phenoxy) is 1. The molecule has 0 N–H and O–H groups in total. The second kappa shape index (κ2) is 8.35. The Bertz CT molecular complexity index is 1090. The second-order valence-electron chi connectivity index (χ2n) is 8.83. The van der Waals surface area contributed by atoms with E-state index in [9.17, 15) is 4.79 Å². The van der Waals surface area contributed by atoms with Gasteiger partial charge in [-0.2, -0.15) is 0 Å². The number of hydrogen-bond acceptors (Lipinski definition) is 4. The highest BCUT2D eigenvalue weighted by Crippen LogP contribution is 2.30. The molecule has 6 nitrogen and oxygen atoms in total. The summed E-state index contributed by atoms with van der Waals surface area (Å²) in [6, 6.07) is 15.0. The average molecular weight is 419 g/mol. The van der Waals surface area contributed by atoms with Gasteiger partial charge in [-0.3, -0.25) is 9.69 Å². The topological polar surface area (TPSA) is 50.6 Å². The normalized spacial score (nSPS) is 19.5. The highest BCUT2D eigenvalue weighted by atomic mass is 16.5. The Labute approximate surface area is 183 Å². The Hall–Kier alpha value is -2.86. The molecule has 1 saturated heterocycles. The van der Waals surface area contributed by atoms with E-state index in [1.807, 2.05) is 54.7 Å². The zero-order valence-electron chi connectivity index (χ0n) is 18.3. The molecule has 1 aliphatic carbocycles. The third-order valence-electron chi connectivity index (χ3n) is 7.03. The molecule has 0 bridgehead atoms. The summed E-state index contributed by atoms with van der Waals surface area (Å²) < 4.78 is 7.75. The summed E-state index contributed by atoms with van der Waals surface area (Å²) in [7, 11) is 3.57. The van der Waals surface area contributed by atoms with Gasteiger partial charge in [0.15, 0.2) is 0 Å². The van der Waals surface area contributed by atoms with Crippen LogP contribution in [0.2, 0.25) is 0 Å². The summed E-state index contributed by atoms with van der Waals surface area (Å²) in [6.45, 7) is 2.77. The molecule has 6 heteroatoms. The number of carbonyl (C=O) groups excluding carboxylic acids is 1. The maximum Gasteiger partial charge on any atom is 0.257 e. The molecule has 3 aromatic rings. The molecule has 1 aromatic heterocycles. The Morgan fingerprint density at radius 3 is 2.81 bits per heavy atom. The SMILES string of the molecule is COc1cc(Cn2cnc3ccccc32)ccc1C(=O)N(C)C1CCN(C2CCC2)C1. The molecule has 2 heterocycles. The van der Waals surface area contributed by atoms with Crippen molar-refractivity contribution < 1.29 is 9.53 Å². The van der Waals surface area contributed by atoms with Crippen LogP contribution in [0.1, 0.15) is 41.6 Å². The fraction of sp³-hybridized carbons (Fsp3) is 0.440. The summed E-state index contributed by atoms with van der Waals surface area (Å²) in [5.41, 5.74) is 3.79. The molecule has 1 atom stereocenters. The van der Waals surface area contributed by atoms with Crippen LogP contribution >= 0.6 is 0 Å². The van der Waals surface area contributed by atoms with Gasteiger partial charge in [0.05, 0.1) is 30.0 Å². The molecular weight excluding hydrogens is 388 g/mol. The minimum Gasteiger partial charge on any atom is -0.496 e. The maximum atomic E-state index is 13.3. The summed E-state index contributed by atoms with van der Waals surface area (Å²) in [5.74, 6) is 0.671. The molecule has 0 radical (unpaired) electrons. The number of rotatable bonds is 6. The third-order valence-corrected chi connectivity index (χ3v) is 7.03. The van der Waals surface area contributed by atoms with E-state index in [1.165, 1.54) is 19.3 Å². The summed E-state index contributed by atoms with van der Waals surface area (Å²) in [4.78, 5) is 22.2. The van der Waals surface area contributed by atoms with Crippen LogP contribution in [-0.4, -0.2) is 64.6 Å². The number of hydrogen-bond donors (Lipinski definition) is 0. The van der Waals surface area contributed by atoms with Crippen LogP contribution in [0.5, 0.6) is 5.75 Å². The highest BCUT2D eigenvalue weighted by molar-refractivity contribution is 5.97. The van der Waals surface area contributed by atoms with E-state index in [0.29, 0.717) is 17.9 Å². The predicted molar refractivity (Wildman–Crippen MR) is 122 cm³/mol. The van der Waals surface area contributed by atoms with Gasteiger partial charge in [0.2, 0.25) is 0 Å². The molecular formula is C25H30N4O2. The Kier molecular flexibility index (Phi) is 5.40. The number of aromatic nitrogens is 2. The lowest BCUT2D eigenvalue weighted by Crippen LogP contribution is -2.43. The molecule has 31 heavy (non-hydrogen) atoms. The van der Waals surface area contributed by atoms with Crippen molar-refractivity contribution in [2.45, 2.75) is 44.3 Å². The van der Waals surface area contributed by atoms with Crippen molar-refractivity contribution in [3.05, 3.63) is 59.9 Å². The number of para-hydroxylation sites is 2. The standard InChI is InChI=1S/C25H30N4O2/c1-27(20-12-13-28(16-20)19-6-5-7-19)25(30)21-11-10-18(14-24(21)31-2)15-29-17-26-22-8-3-4-9-23(22)29/h3-4,8-11,14,17,19-20H,5-7,12-13,15-16H2,1-2H3. The first-order valence-electron chi connectivity index (χ1n) is 11.2. The van der Waals surface area contributed by atoms with Crippen LogP contribution in [0.3, 0.4) is 0 Å². The van der Waals surface area contributed by atoms with Crippen LogP contribution in [0, 0.1) is 0 Å². The monoisotopic (exact) mass is 418 g/mol. The summed E-state index contributed by atoms with van der Waals surface area (Å²) in [6.07, 6.45) is 6.88. The number of likely N-dealkylation sites (tertiary alicyclic amines) is 1. The molecule has 1 saturated carbocycles. The van der Waals surface area contributed by atoms with Crippen molar-refractivity contribution in [1.29, 1.82) is 0 Å². The first-order valence-corrected chi connectivity index (χ1v) is 11.2. The first kappa shape index (κ1) is 20.1. The third kappa shape index (κ3) is 3.81. The van der Waals surface area contributed by atoms with Crippen LogP contribution in [0.15, 0.2) is 48.8 Å². The van der Waals surface area contributed by atoms with E-state index >= 15 is 0 Å². The fourth-order valence-electron chi connectivity index (χ4n) is 4.87. The Morgan fingerprint density at radius 1 is 1.19 bits per heavy atom. The van der Waals surface area contributed by atoms with Crippen LogP contribution in [0.4, 0.5) is 0 Å². The largest absolute Gasteiger partial charge is 0.496 e. The van der Waals surface area contributed by atoms with Gasteiger partial charge in [-0.25, -0.2) is 4.98 Å². The van der Waals surface area contributed by atoms with Crippen molar-refractivity contribution >= 4 is 16.9 Å². The van der Waals surface area contributed by atoms with Crippen molar-refractivity contribution in [2.75, 3.05) is 27.2 Å². The Morgan fingerprint density at radius 2 is 2.03 bits per heavy atom. The fourth-order valence-corrected chi connectivity index (χ4v) is 4.87. The number of fused-ring (bicyclic) bond motifs is 1. The second-order valence-corrected chi connectivity index (χ2v) is 8.83. The van der Waals surface area contributed by atoms with E-state index in [-0.39, 0.29) is 11.9 Å². The van der Waals surface area contributed by atoms with E-state index in [2.05, 4.69) is 20.5 Å². The quantitative estimate of drug-likeness (QED) is 0.611. The Balaban J connectivity index is 1.31. The number of nitrogens with zero attached hydrogens (tertiary/aromatic N) is 4. The molecule has 1 aliphatic heterocycles. The molecule has 2 aromatic carbocycles. The van der Waals surface area contributed by atoms with Gasteiger partial charge in [0, 0.05) is 38.8 Å². The number of methoxy groups -OCH3 is 1. The molecule has 1 amide bonds. The van der Waals surface area contributed by atoms with Gasteiger partial charge in [0.1, 0.15) is 5.75 Å². The minimum atomic E-state index is 0.0388. The smallest absolute Gasteiger partial charge is 0.257 e. The lowest BCUT2D eigenvalue weighted by atomic mass is 9.92. The number of imidazole rings is 1. The number of amides is 1. The van der Waals surface area contributed by atoms with Crippen LogP contribution in [-0.2, 0) is 6.54 Å².